The van der Waals surface area contributed by atoms with Crippen LogP contribution in [-0.4, -0.2) is 22.6 Å². The van der Waals surface area contributed by atoms with E-state index in [4.69, 9.17) is 0 Å². The van der Waals surface area contributed by atoms with E-state index in [0.29, 0.717) is 0 Å². The highest BCUT2D eigenvalue weighted by Gasteiger charge is 2.08. The Morgan fingerprint density at radius 2 is 2.33 bits per heavy atom. The summed E-state index contributed by atoms with van der Waals surface area (Å²) in [4.78, 5) is 4.41. The highest BCUT2D eigenvalue weighted by molar-refractivity contribution is 5.79. The van der Waals surface area contributed by atoms with E-state index in [2.05, 4.69) is 39.3 Å². The Morgan fingerprint density at radius 1 is 1.33 bits per heavy atom. The predicted molar refractivity (Wildman–Crippen MR) is 61.5 cm³/mol. The van der Waals surface area contributed by atoms with E-state index in [1.165, 1.54) is 11.1 Å². The molecule has 0 aromatic carbocycles. The van der Waals surface area contributed by atoms with Gasteiger partial charge in [-0.05, 0) is 31.2 Å². The zero-order valence-electron chi connectivity index (χ0n) is 8.48. The van der Waals surface area contributed by atoms with E-state index in [1.807, 2.05) is 12.3 Å². The van der Waals surface area contributed by atoms with Gasteiger partial charge in [0.1, 0.15) is 5.65 Å². The predicted octanol–water partition coefficient (Wildman–Crippen LogP) is 1.87. The molecule has 0 atom stereocenters. The molecule has 0 aliphatic carbocycles. The van der Waals surface area contributed by atoms with Crippen LogP contribution in [-0.2, 0) is 0 Å². The van der Waals surface area contributed by atoms with E-state index >= 15 is 0 Å². The molecule has 0 spiro atoms. The molecule has 0 bridgehead atoms. The minimum atomic E-state index is 0.931. The number of nitrogens with one attached hydrogen (secondary N) is 1. The summed E-state index contributed by atoms with van der Waals surface area (Å²) < 4.78 is 2.17. The standard InChI is InChI=1S/C12H13N3/c1-3-10-5-8-15(12(10)14-7-1)11-4-2-6-13-9-11/h1,3-5,7-8,13H,2,6,9H2. The Balaban J connectivity index is 2.14. The van der Waals surface area contributed by atoms with Crippen molar-refractivity contribution < 1.29 is 0 Å². The zero-order valence-corrected chi connectivity index (χ0v) is 8.48. The van der Waals surface area contributed by atoms with Gasteiger partial charge in [-0.15, -0.1) is 0 Å². The third-order valence-electron chi connectivity index (χ3n) is 2.76. The van der Waals surface area contributed by atoms with Crippen LogP contribution >= 0.6 is 0 Å². The summed E-state index contributed by atoms with van der Waals surface area (Å²) in [6.45, 7) is 2.01. The van der Waals surface area contributed by atoms with Crippen LogP contribution in [0.25, 0.3) is 16.7 Å². The van der Waals surface area contributed by atoms with E-state index < -0.39 is 0 Å². The van der Waals surface area contributed by atoms with E-state index in [0.717, 1.165) is 25.2 Å². The zero-order chi connectivity index (χ0) is 10.1. The number of aromatic nitrogens is 2. The highest BCUT2D eigenvalue weighted by atomic mass is 15.1. The number of pyridine rings is 1. The molecule has 0 unspecified atom stereocenters. The average molecular weight is 199 g/mol. The summed E-state index contributed by atoms with van der Waals surface area (Å²) in [5.74, 6) is 0. The second-order valence-corrected chi connectivity index (χ2v) is 3.76. The highest BCUT2D eigenvalue weighted by Crippen LogP contribution is 2.18. The summed E-state index contributed by atoms with van der Waals surface area (Å²) in [7, 11) is 0. The monoisotopic (exact) mass is 199 g/mol. The van der Waals surface area contributed by atoms with Gasteiger partial charge in [-0.1, -0.05) is 6.08 Å². The van der Waals surface area contributed by atoms with E-state index in [-0.39, 0.29) is 0 Å². The number of fused-ring (bicyclic) bond motifs is 1. The average Bonchev–Trinajstić information content (AvgIpc) is 2.74. The first-order valence-corrected chi connectivity index (χ1v) is 5.27. The van der Waals surface area contributed by atoms with Crippen molar-refractivity contribution >= 4 is 16.7 Å². The maximum Gasteiger partial charge on any atom is 0.144 e. The van der Waals surface area contributed by atoms with Crippen molar-refractivity contribution in [3.63, 3.8) is 0 Å². The lowest BCUT2D eigenvalue weighted by molar-refractivity contribution is 0.719. The first-order chi connectivity index (χ1) is 7.45. The second kappa shape index (κ2) is 3.51. The van der Waals surface area contributed by atoms with Gasteiger partial charge < -0.3 is 9.88 Å². The number of nitrogens with zero attached hydrogens (tertiary/aromatic N) is 2. The molecule has 0 saturated carbocycles. The van der Waals surface area contributed by atoms with Gasteiger partial charge in [-0.2, -0.15) is 0 Å². The SMILES string of the molecule is C1=C(n2ccc3cccnc32)CNCC1. The molecule has 76 valence electrons. The molecule has 0 amide bonds. The van der Waals surface area contributed by atoms with Crippen molar-refractivity contribution in [1.29, 1.82) is 0 Å². The topological polar surface area (TPSA) is 29.9 Å². The molecule has 0 saturated heterocycles. The van der Waals surface area contributed by atoms with Gasteiger partial charge in [0.15, 0.2) is 0 Å². The number of rotatable bonds is 1. The second-order valence-electron chi connectivity index (χ2n) is 3.76. The van der Waals surface area contributed by atoms with Gasteiger partial charge in [0.05, 0.1) is 0 Å². The maximum absolute atomic E-state index is 4.41. The van der Waals surface area contributed by atoms with Crippen molar-refractivity contribution in [2.24, 2.45) is 0 Å². The minimum absolute atomic E-state index is 0.931. The fourth-order valence-corrected chi connectivity index (χ4v) is 2.01. The molecule has 15 heavy (non-hydrogen) atoms. The summed E-state index contributed by atoms with van der Waals surface area (Å²) in [6, 6.07) is 6.17. The van der Waals surface area contributed by atoms with Crippen LogP contribution in [0.1, 0.15) is 6.42 Å². The van der Waals surface area contributed by atoms with Gasteiger partial charge in [0, 0.05) is 30.0 Å². The minimum Gasteiger partial charge on any atom is -0.311 e. The third kappa shape index (κ3) is 1.45. The largest absolute Gasteiger partial charge is 0.311 e. The van der Waals surface area contributed by atoms with Crippen LogP contribution in [0.3, 0.4) is 0 Å². The van der Waals surface area contributed by atoms with E-state index in [9.17, 15) is 0 Å². The van der Waals surface area contributed by atoms with Crippen molar-refractivity contribution in [2.75, 3.05) is 13.1 Å². The maximum atomic E-state index is 4.41. The van der Waals surface area contributed by atoms with Crippen molar-refractivity contribution in [3.8, 4) is 0 Å². The quantitative estimate of drug-likeness (QED) is 0.759. The van der Waals surface area contributed by atoms with Crippen LogP contribution < -0.4 is 5.32 Å². The molecule has 3 heteroatoms. The Kier molecular flexibility index (Phi) is 2.03. The number of hydrogen-bond donors (Lipinski definition) is 1. The van der Waals surface area contributed by atoms with Crippen LogP contribution in [0.5, 0.6) is 0 Å². The van der Waals surface area contributed by atoms with Crippen LogP contribution in [0, 0.1) is 0 Å². The summed E-state index contributed by atoms with van der Waals surface area (Å²) in [5, 5.41) is 4.57. The lowest BCUT2D eigenvalue weighted by Crippen LogP contribution is -2.23. The molecule has 1 aliphatic heterocycles. The molecule has 0 radical (unpaired) electrons. The fourth-order valence-electron chi connectivity index (χ4n) is 2.01. The molecule has 1 N–H and O–H groups in total. The van der Waals surface area contributed by atoms with Gasteiger partial charge >= 0.3 is 0 Å². The molecule has 3 heterocycles. The third-order valence-corrected chi connectivity index (χ3v) is 2.76. The smallest absolute Gasteiger partial charge is 0.144 e. The van der Waals surface area contributed by atoms with Gasteiger partial charge in [0.2, 0.25) is 0 Å². The summed E-state index contributed by atoms with van der Waals surface area (Å²) >= 11 is 0. The van der Waals surface area contributed by atoms with Gasteiger partial charge in [0.25, 0.3) is 0 Å². The Bertz CT molecular complexity index is 510. The normalized spacial score (nSPS) is 16.7. The Morgan fingerprint density at radius 3 is 3.20 bits per heavy atom. The number of hydrogen-bond acceptors (Lipinski definition) is 2. The van der Waals surface area contributed by atoms with Crippen LogP contribution in [0.4, 0.5) is 0 Å². The molecular weight excluding hydrogens is 186 g/mol. The van der Waals surface area contributed by atoms with Crippen LogP contribution in [0.15, 0.2) is 36.7 Å². The van der Waals surface area contributed by atoms with Gasteiger partial charge in [-0.25, -0.2) is 4.98 Å². The molecule has 2 aromatic heterocycles. The summed E-state index contributed by atoms with van der Waals surface area (Å²) in [6.07, 6.45) is 7.32. The first-order valence-electron chi connectivity index (χ1n) is 5.27. The van der Waals surface area contributed by atoms with Gasteiger partial charge in [-0.3, -0.25) is 0 Å². The lowest BCUT2D eigenvalue weighted by atomic mass is 10.2. The fraction of sp³-hybridized carbons (Fsp3) is 0.250. The Hall–Kier alpha value is -1.61. The molecule has 3 rings (SSSR count). The van der Waals surface area contributed by atoms with Crippen molar-refractivity contribution in [1.82, 2.24) is 14.9 Å². The van der Waals surface area contributed by atoms with Crippen LogP contribution in [0.2, 0.25) is 0 Å². The summed E-state index contributed by atoms with van der Waals surface area (Å²) in [5.41, 5.74) is 2.35. The van der Waals surface area contributed by atoms with Crippen molar-refractivity contribution in [3.05, 3.63) is 36.7 Å². The van der Waals surface area contributed by atoms with E-state index in [1.54, 1.807) is 0 Å². The van der Waals surface area contributed by atoms with Crippen molar-refractivity contribution in [2.45, 2.75) is 6.42 Å². The molecule has 3 nitrogen and oxygen atoms in total. The molecule has 2 aromatic rings. The molecule has 1 aliphatic rings. The Labute approximate surface area is 88.4 Å². The molecule has 0 fully saturated rings. The molecular formula is C12H13N3. The lowest BCUT2D eigenvalue weighted by Gasteiger charge is -2.15. The first kappa shape index (κ1) is 8.68.